The Kier molecular flexibility index (Phi) is 7.38. The Labute approximate surface area is 182 Å². The summed E-state index contributed by atoms with van der Waals surface area (Å²) in [6.45, 7) is 1.99. The van der Waals surface area contributed by atoms with Gasteiger partial charge in [0.1, 0.15) is 16.7 Å². The average molecular weight is 440 g/mol. The third-order valence-electron chi connectivity index (χ3n) is 4.68. The van der Waals surface area contributed by atoms with Crippen molar-refractivity contribution < 1.29 is 17.9 Å². The minimum absolute atomic E-state index is 0.00872. The largest absolute Gasteiger partial charge is 0.495 e. The summed E-state index contributed by atoms with van der Waals surface area (Å²) in [7, 11) is -2.62. The Morgan fingerprint density at radius 1 is 1.06 bits per heavy atom. The number of aromatic nitrogens is 1. The average Bonchev–Trinajstić information content (AvgIpc) is 2.78. The molecule has 1 aromatic heterocycles. The van der Waals surface area contributed by atoms with Crippen molar-refractivity contribution in [2.24, 2.45) is 0 Å². The minimum Gasteiger partial charge on any atom is -0.495 e. The smallest absolute Gasteiger partial charge is 0.244 e. The van der Waals surface area contributed by atoms with Gasteiger partial charge in [-0.3, -0.25) is 9.78 Å². The van der Waals surface area contributed by atoms with Crippen LogP contribution < -0.4 is 14.8 Å². The monoisotopic (exact) mass is 439 g/mol. The Morgan fingerprint density at radius 2 is 1.81 bits per heavy atom. The van der Waals surface area contributed by atoms with Crippen molar-refractivity contribution >= 4 is 15.9 Å². The van der Waals surface area contributed by atoms with Crippen LogP contribution in [0.3, 0.4) is 0 Å². The molecule has 3 rings (SSSR count). The molecule has 31 heavy (non-hydrogen) atoms. The molecule has 0 spiro atoms. The van der Waals surface area contributed by atoms with Crippen LogP contribution in [0.4, 0.5) is 0 Å². The van der Waals surface area contributed by atoms with E-state index >= 15 is 0 Å². The van der Waals surface area contributed by atoms with Gasteiger partial charge in [-0.15, -0.1) is 0 Å². The number of carbonyl (C=O) groups excluding carboxylic acids is 1. The number of amides is 1. The van der Waals surface area contributed by atoms with Crippen molar-refractivity contribution in [3.8, 4) is 5.75 Å². The highest BCUT2D eigenvalue weighted by Crippen LogP contribution is 2.25. The van der Waals surface area contributed by atoms with E-state index in [2.05, 4.69) is 15.0 Å². The fourth-order valence-corrected chi connectivity index (χ4v) is 4.54. The molecule has 0 aliphatic carbocycles. The fourth-order valence-electron chi connectivity index (χ4n) is 3.09. The number of nitrogens with one attached hydrogen (secondary N) is 2. The minimum atomic E-state index is -4.02. The number of hydrogen-bond acceptors (Lipinski definition) is 5. The van der Waals surface area contributed by atoms with E-state index in [9.17, 15) is 13.2 Å². The third-order valence-corrected chi connectivity index (χ3v) is 6.17. The van der Waals surface area contributed by atoms with Gasteiger partial charge < -0.3 is 10.1 Å². The van der Waals surface area contributed by atoms with Gasteiger partial charge in [-0.2, -0.15) is 4.72 Å². The van der Waals surface area contributed by atoms with Crippen LogP contribution in [0.2, 0.25) is 0 Å². The van der Waals surface area contributed by atoms with Crippen LogP contribution in [0.5, 0.6) is 5.75 Å². The lowest BCUT2D eigenvalue weighted by atomic mass is 10.1. The molecule has 2 N–H and O–H groups in total. The summed E-state index contributed by atoms with van der Waals surface area (Å²) < 4.78 is 34.1. The van der Waals surface area contributed by atoms with E-state index in [4.69, 9.17) is 4.74 Å². The third kappa shape index (κ3) is 6.13. The lowest BCUT2D eigenvalue weighted by Gasteiger charge is -2.20. The lowest BCUT2D eigenvalue weighted by Crippen LogP contribution is -2.47. The zero-order chi connectivity index (χ0) is 22.3. The van der Waals surface area contributed by atoms with Crippen LogP contribution in [0.15, 0.2) is 77.8 Å². The van der Waals surface area contributed by atoms with Crippen molar-refractivity contribution in [1.29, 1.82) is 0 Å². The number of nitrogens with zero attached hydrogens (tertiary/aromatic N) is 1. The number of carbonyl (C=O) groups is 1. The van der Waals surface area contributed by atoms with Crippen molar-refractivity contribution in [2.75, 3.05) is 7.11 Å². The molecule has 0 aliphatic rings. The molecular weight excluding hydrogens is 414 g/mol. The van der Waals surface area contributed by atoms with E-state index in [1.165, 1.54) is 13.2 Å². The Balaban J connectivity index is 1.85. The standard InChI is InChI=1S/C23H25N3O4S/c1-17-11-12-21(30-2)22(14-17)31(28,29)26-20(15-18-8-4-3-5-9-18)23(27)25-16-19-10-6-7-13-24-19/h3-14,20,26H,15-16H2,1-2H3,(H,25,27). The number of benzene rings is 2. The molecule has 0 saturated carbocycles. The number of sulfonamides is 1. The molecule has 8 heteroatoms. The van der Waals surface area contributed by atoms with E-state index in [0.717, 1.165) is 11.1 Å². The van der Waals surface area contributed by atoms with Gasteiger partial charge in [-0.25, -0.2) is 8.42 Å². The molecule has 0 fully saturated rings. The van der Waals surface area contributed by atoms with E-state index in [1.807, 2.05) is 36.4 Å². The summed E-state index contributed by atoms with van der Waals surface area (Å²) in [5, 5.41) is 2.77. The molecule has 0 aliphatic heterocycles. The number of hydrogen-bond donors (Lipinski definition) is 2. The van der Waals surface area contributed by atoms with Crippen LogP contribution in [-0.4, -0.2) is 32.5 Å². The fraction of sp³-hybridized carbons (Fsp3) is 0.217. The van der Waals surface area contributed by atoms with E-state index < -0.39 is 22.0 Å². The van der Waals surface area contributed by atoms with Gasteiger partial charge in [0.25, 0.3) is 0 Å². The summed E-state index contributed by atoms with van der Waals surface area (Å²) in [5.41, 5.74) is 2.28. The number of ether oxygens (including phenoxy) is 1. The first kappa shape index (κ1) is 22.5. The summed E-state index contributed by atoms with van der Waals surface area (Å²) in [5.74, 6) is -0.227. The highest BCUT2D eigenvalue weighted by Gasteiger charge is 2.28. The van der Waals surface area contributed by atoms with Crippen molar-refractivity contribution in [1.82, 2.24) is 15.0 Å². The highest BCUT2D eigenvalue weighted by atomic mass is 32.2. The maximum Gasteiger partial charge on any atom is 0.244 e. The van der Waals surface area contributed by atoms with Gasteiger partial charge in [0.15, 0.2) is 0 Å². The Hall–Kier alpha value is -3.23. The van der Waals surface area contributed by atoms with Crippen molar-refractivity contribution in [2.45, 2.75) is 30.8 Å². The number of pyridine rings is 1. The predicted molar refractivity (Wildman–Crippen MR) is 118 cm³/mol. The van der Waals surface area contributed by atoms with Crippen LogP contribution in [-0.2, 0) is 27.8 Å². The van der Waals surface area contributed by atoms with Crippen molar-refractivity contribution in [3.05, 3.63) is 89.7 Å². The molecule has 0 radical (unpaired) electrons. The molecule has 3 aromatic rings. The maximum atomic E-state index is 13.2. The quantitative estimate of drug-likeness (QED) is 0.534. The van der Waals surface area contributed by atoms with Gasteiger partial charge in [0.05, 0.1) is 19.3 Å². The molecule has 0 bridgehead atoms. The van der Waals surface area contributed by atoms with Crippen LogP contribution in [0.25, 0.3) is 0 Å². The van der Waals surface area contributed by atoms with Gasteiger partial charge in [-0.1, -0.05) is 42.5 Å². The second-order valence-electron chi connectivity index (χ2n) is 7.06. The summed E-state index contributed by atoms with van der Waals surface area (Å²) in [4.78, 5) is 17.1. The normalized spacial score (nSPS) is 12.2. The molecule has 1 unspecified atom stereocenters. The van der Waals surface area contributed by atoms with Crippen LogP contribution in [0, 0.1) is 6.92 Å². The first-order chi connectivity index (χ1) is 14.9. The summed E-state index contributed by atoms with van der Waals surface area (Å²) in [6, 6.07) is 18.5. The lowest BCUT2D eigenvalue weighted by molar-refractivity contribution is -0.122. The number of methoxy groups -OCH3 is 1. The number of rotatable bonds is 9. The van der Waals surface area contributed by atoms with Crippen LogP contribution in [0.1, 0.15) is 16.8 Å². The van der Waals surface area contributed by atoms with Gasteiger partial charge >= 0.3 is 0 Å². The summed E-state index contributed by atoms with van der Waals surface area (Å²) >= 11 is 0. The van der Waals surface area contributed by atoms with Gasteiger partial charge in [-0.05, 0) is 48.7 Å². The topological polar surface area (TPSA) is 97.4 Å². The molecule has 0 saturated heterocycles. The second kappa shape index (κ2) is 10.2. The first-order valence-corrected chi connectivity index (χ1v) is 11.3. The summed E-state index contributed by atoms with van der Waals surface area (Å²) in [6.07, 6.45) is 1.83. The van der Waals surface area contributed by atoms with Gasteiger partial charge in [0.2, 0.25) is 15.9 Å². The van der Waals surface area contributed by atoms with E-state index in [-0.39, 0.29) is 23.6 Å². The molecule has 7 nitrogen and oxygen atoms in total. The number of aryl methyl sites for hydroxylation is 1. The first-order valence-electron chi connectivity index (χ1n) is 9.77. The SMILES string of the molecule is COc1ccc(C)cc1S(=O)(=O)NC(Cc1ccccc1)C(=O)NCc1ccccn1. The van der Waals surface area contributed by atoms with E-state index in [0.29, 0.717) is 5.69 Å². The molecule has 2 aromatic carbocycles. The van der Waals surface area contributed by atoms with Crippen LogP contribution >= 0.6 is 0 Å². The predicted octanol–water partition coefficient (Wildman–Crippen LogP) is 2.60. The highest BCUT2D eigenvalue weighted by molar-refractivity contribution is 7.89. The molecular formula is C23H25N3O4S. The van der Waals surface area contributed by atoms with Gasteiger partial charge in [0, 0.05) is 6.20 Å². The Bertz CT molecular complexity index is 1120. The molecule has 162 valence electrons. The molecule has 1 heterocycles. The van der Waals surface area contributed by atoms with Crippen molar-refractivity contribution in [3.63, 3.8) is 0 Å². The maximum absolute atomic E-state index is 13.2. The molecule has 1 atom stereocenters. The molecule has 1 amide bonds. The second-order valence-corrected chi connectivity index (χ2v) is 8.74. The zero-order valence-electron chi connectivity index (χ0n) is 17.4. The zero-order valence-corrected chi connectivity index (χ0v) is 18.2. The van der Waals surface area contributed by atoms with E-state index in [1.54, 1.807) is 37.4 Å². The Morgan fingerprint density at radius 3 is 2.48 bits per heavy atom.